The van der Waals surface area contributed by atoms with Crippen LogP contribution in [-0.4, -0.2) is 28.6 Å². The number of sulfonamides is 2. The number of aryl methyl sites for hydroxylation is 2. The summed E-state index contributed by atoms with van der Waals surface area (Å²) in [5.41, 5.74) is 1.69. The average molecular weight is 422 g/mol. The molecule has 8 nitrogen and oxygen atoms in total. The molecule has 0 aliphatic carbocycles. The molecule has 2 N–H and O–H groups in total. The molecule has 2 amide bonds. The molecule has 0 spiro atoms. The molecule has 0 bridgehead atoms. The van der Waals surface area contributed by atoms with E-state index < -0.39 is 31.9 Å². The highest BCUT2D eigenvalue weighted by Gasteiger charge is 2.18. The van der Waals surface area contributed by atoms with Crippen molar-refractivity contribution in [3.63, 3.8) is 0 Å². The molecule has 2 aromatic carbocycles. The Kier molecular flexibility index (Phi) is 6.37. The van der Waals surface area contributed by atoms with Crippen LogP contribution in [-0.2, 0) is 29.6 Å². The molecule has 0 atom stereocenters. The van der Waals surface area contributed by atoms with Crippen LogP contribution in [0.1, 0.15) is 11.1 Å². The van der Waals surface area contributed by atoms with Crippen LogP contribution in [0.2, 0.25) is 0 Å². The van der Waals surface area contributed by atoms with E-state index >= 15 is 0 Å². The normalized spacial score (nSPS) is 11.9. The Morgan fingerprint density at radius 2 is 0.929 bits per heavy atom. The van der Waals surface area contributed by atoms with Gasteiger partial charge in [0, 0.05) is 12.2 Å². The molecule has 148 valence electrons. The van der Waals surface area contributed by atoms with Crippen LogP contribution in [0.3, 0.4) is 0 Å². The molecule has 28 heavy (non-hydrogen) atoms. The lowest BCUT2D eigenvalue weighted by molar-refractivity contribution is -0.117. The second kappa shape index (κ2) is 8.36. The predicted molar refractivity (Wildman–Crippen MR) is 102 cm³/mol. The first-order chi connectivity index (χ1) is 13.0. The smallest absolute Gasteiger partial charge is 0.264 e. The van der Waals surface area contributed by atoms with Crippen molar-refractivity contribution in [3.05, 3.63) is 71.8 Å². The number of rotatable bonds is 6. The molecule has 0 heterocycles. The van der Waals surface area contributed by atoms with E-state index in [1.807, 2.05) is 0 Å². The summed E-state index contributed by atoms with van der Waals surface area (Å²) in [5.74, 6) is -2.19. The fourth-order valence-electron chi connectivity index (χ4n) is 2.04. The summed E-state index contributed by atoms with van der Waals surface area (Å²) in [4.78, 5) is 23.3. The van der Waals surface area contributed by atoms with Gasteiger partial charge in [-0.3, -0.25) is 9.59 Å². The van der Waals surface area contributed by atoms with E-state index in [0.717, 1.165) is 11.1 Å². The maximum absolute atomic E-state index is 12.1. The summed E-state index contributed by atoms with van der Waals surface area (Å²) in [7, 11) is -8.21. The number of carbonyl (C=O) groups excluding carboxylic acids is 2. The molecular formula is C18H18N2O6S2. The zero-order valence-electron chi connectivity index (χ0n) is 15.0. The Hall–Kier alpha value is -2.98. The van der Waals surface area contributed by atoms with Gasteiger partial charge in [-0.1, -0.05) is 35.4 Å². The van der Waals surface area contributed by atoms with Crippen LogP contribution in [0.5, 0.6) is 0 Å². The Morgan fingerprint density at radius 1 is 0.643 bits per heavy atom. The lowest BCUT2D eigenvalue weighted by atomic mass is 10.2. The second-order valence-electron chi connectivity index (χ2n) is 5.90. The Labute approximate surface area is 163 Å². The molecule has 0 saturated carbocycles. The lowest BCUT2D eigenvalue weighted by Gasteiger charge is -2.06. The first-order valence-corrected chi connectivity index (χ1v) is 10.9. The number of hydrogen-bond donors (Lipinski definition) is 2. The Balaban J connectivity index is 2.02. The maximum Gasteiger partial charge on any atom is 0.264 e. The van der Waals surface area contributed by atoms with Gasteiger partial charge < -0.3 is 0 Å². The fraction of sp³-hybridized carbons (Fsp3) is 0.111. The highest BCUT2D eigenvalue weighted by atomic mass is 32.2. The summed E-state index contributed by atoms with van der Waals surface area (Å²) < 4.78 is 51.8. The van der Waals surface area contributed by atoms with Crippen molar-refractivity contribution in [1.29, 1.82) is 0 Å². The third-order valence-electron chi connectivity index (χ3n) is 3.52. The van der Waals surface area contributed by atoms with Gasteiger partial charge in [0.05, 0.1) is 9.79 Å². The van der Waals surface area contributed by atoms with Crippen molar-refractivity contribution in [2.24, 2.45) is 0 Å². The number of carbonyl (C=O) groups is 2. The van der Waals surface area contributed by atoms with Gasteiger partial charge in [0.1, 0.15) is 0 Å². The van der Waals surface area contributed by atoms with Crippen molar-refractivity contribution in [2.45, 2.75) is 23.6 Å². The molecular weight excluding hydrogens is 404 g/mol. The third kappa shape index (κ3) is 5.76. The Bertz CT molecular complexity index is 1030. The van der Waals surface area contributed by atoms with E-state index in [9.17, 15) is 26.4 Å². The topological polar surface area (TPSA) is 126 Å². The van der Waals surface area contributed by atoms with Gasteiger partial charge in [0.25, 0.3) is 31.9 Å². The molecule has 10 heteroatoms. The van der Waals surface area contributed by atoms with Gasteiger partial charge in [-0.2, -0.15) is 0 Å². The minimum atomic E-state index is -4.11. The fourth-order valence-corrected chi connectivity index (χ4v) is 3.93. The lowest BCUT2D eigenvalue weighted by Crippen LogP contribution is -2.31. The maximum atomic E-state index is 12.1. The molecule has 0 aliphatic rings. The van der Waals surface area contributed by atoms with Gasteiger partial charge in [-0.05, 0) is 38.1 Å². The van der Waals surface area contributed by atoms with Crippen LogP contribution < -0.4 is 9.44 Å². The van der Waals surface area contributed by atoms with Crippen LogP contribution >= 0.6 is 0 Å². The predicted octanol–water partition coefficient (Wildman–Crippen LogP) is 1.17. The molecule has 0 aromatic heterocycles. The van der Waals surface area contributed by atoms with E-state index in [-0.39, 0.29) is 9.79 Å². The number of hydrogen-bond acceptors (Lipinski definition) is 6. The SMILES string of the molecule is Cc1ccc(S(=O)(=O)NC(=O)/C=C\C(=O)NS(=O)(=O)c2ccc(C)cc2)cc1. The minimum Gasteiger partial charge on any atom is -0.269 e. The standard InChI is InChI=1S/C18H18N2O6S2/c1-13-3-7-15(8-4-13)27(23,24)19-17(21)11-12-18(22)20-28(25,26)16-9-5-14(2)6-10-16/h3-12H,1-2H3,(H,19,21)(H,20,22)/b12-11-. The largest absolute Gasteiger partial charge is 0.269 e. The van der Waals surface area contributed by atoms with Gasteiger partial charge in [0.2, 0.25) is 0 Å². The first-order valence-electron chi connectivity index (χ1n) is 7.94. The van der Waals surface area contributed by atoms with Gasteiger partial charge in [0.15, 0.2) is 0 Å². The van der Waals surface area contributed by atoms with Crippen molar-refractivity contribution >= 4 is 31.9 Å². The molecule has 0 radical (unpaired) electrons. The van der Waals surface area contributed by atoms with E-state index in [1.54, 1.807) is 47.6 Å². The molecule has 2 rings (SSSR count). The van der Waals surface area contributed by atoms with E-state index in [0.29, 0.717) is 12.2 Å². The minimum absolute atomic E-state index is 0.119. The number of nitrogens with one attached hydrogen (secondary N) is 2. The summed E-state index contributed by atoms with van der Waals surface area (Å²) in [6.07, 6.45) is 1.26. The van der Waals surface area contributed by atoms with Crippen molar-refractivity contribution in [1.82, 2.24) is 9.44 Å². The van der Waals surface area contributed by atoms with E-state index in [1.165, 1.54) is 24.3 Å². The van der Waals surface area contributed by atoms with Crippen LogP contribution in [0, 0.1) is 13.8 Å². The second-order valence-corrected chi connectivity index (χ2v) is 9.26. The highest BCUT2D eigenvalue weighted by molar-refractivity contribution is 7.90. The van der Waals surface area contributed by atoms with Gasteiger partial charge in [-0.25, -0.2) is 26.3 Å². The van der Waals surface area contributed by atoms with E-state index in [4.69, 9.17) is 0 Å². The summed E-state index contributed by atoms with van der Waals surface area (Å²) in [6, 6.07) is 11.6. The van der Waals surface area contributed by atoms with Gasteiger partial charge in [-0.15, -0.1) is 0 Å². The molecule has 0 fully saturated rings. The summed E-state index contributed by atoms with van der Waals surface area (Å²) >= 11 is 0. The van der Waals surface area contributed by atoms with Crippen LogP contribution in [0.15, 0.2) is 70.5 Å². The summed E-state index contributed by atoms with van der Waals surface area (Å²) in [6.45, 7) is 3.56. The Morgan fingerprint density at radius 3 is 1.21 bits per heavy atom. The van der Waals surface area contributed by atoms with Crippen LogP contribution in [0.4, 0.5) is 0 Å². The highest BCUT2D eigenvalue weighted by Crippen LogP contribution is 2.10. The van der Waals surface area contributed by atoms with Crippen molar-refractivity contribution in [2.75, 3.05) is 0 Å². The molecule has 2 aromatic rings. The average Bonchev–Trinajstić information content (AvgIpc) is 2.60. The van der Waals surface area contributed by atoms with Crippen molar-refractivity contribution < 1.29 is 26.4 Å². The third-order valence-corrected chi connectivity index (χ3v) is 6.24. The quantitative estimate of drug-likeness (QED) is 0.673. The molecule has 0 saturated heterocycles. The van der Waals surface area contributed by atoms with Crippen LogP contribution in [0.25, 0.3) is 0 Å². The zero-order valence-corrected chi connectivity index (χ0v) is 16.7. The summed E-state index contributed by atoms with van der Waals surface area (Å²) in [5, 5.41) is 0. The molecule has 0 aliphatic heterocycles. The van der Waals surface area contributed by atoms with Crippen molar-refractivity contribution in [3.8, 4) is 0 Å². The van der Waals surface area contributed by atoms with E-state index in [2.05, 4.69) is 0 Å². The monoisotopic (exact) mass is 422 g/mol. The number of amides is 2. The van der Waals surface area contributed by atoms with Gasteiger partial charge >= 0.3 is 0 Å². The first kappa shape index (κ1) is 21.3. The zero-order chi connectivity index (χ0) is 20.9. The molecule has 0 unspecified atom stereocenters. The number of benzene rings is 2.